The molecule has 0 spiro atoms. The van der Waals surface area contributed by atoms with E-state index in [1.165, 1.54) is 0 Å². The topological polar surface area (TPSA) is 33.4 Å². The van der Waals surface area contributed by atoms with E-state index in [9.17, 15) is 5.11 Å². The number of rotatable bonds is 4. The van der Waals surface area contributed by atoms with Crippen molar-refractivity contribution in [3.63, 3.8) is 0 Å². The van der Waals surface area contributed by atoms with E-state index in [1.807, 2.05) is 6.92 Å². The zero-order valence-corrected chi connectivity index (χ0v) is 7.29. The minimum atomic E-state index is -0.416. The predicted octanol–water partition coefficient (Wildman–Crippen LogP) is 2.67. The molecule has 1 heterocycles. The van der Waals surface area contributed by atoms with Gasteiger partial charge in [0.25, 0.3) is 0 Å². The van der Waals surface area contributed by atoms with Crippen molar-refractivity contribution >= 4 is 0 Å². The van der Waals surface area contributed by atoms with Crippen molar-refractivity contribution in [1.82, 2.24) is 0 Å². The molecule has 66 valence electrons. The quantitative estimate of drug-likeness (QED) is 0.697. The van der Waals surface area contributed by atoms with E-state index in [0.717, 1.165) is 24.0 Å². The van der Waals surface area contributed by atoms with Gasteiger partial charge in [0.05, 0.1) is 18.6 Å². The summed E-state index contributed by atoms with van der Waals surface area (Å²) in [6, 6.07) is 1.78. The van der Waals surface area contributed by atoms with Crippen LogP contribution in [-0.2, 0) is 0 Å². The minimum Gasteiger partial charge on any atom is -0.472 e. The molecule has 1 aromatic heterocycles. The fraction of sp³-hybridized carbons (Fsp3) is 0.400. The van der Waals surface area contributed by atoms with Crippen LogP contribution in [0, 0.1) is 0 Å². The Balaban J connectivity index is 2.39. The van der Waals surface area contributed by atoms with Crippen molar-refractivity contribution in [3.05, 3.63) is 36.3 Å². The van der Waals surface area contributed by atoms with Crippen LogP contribution in [0.3, 0.4) is 0 Å². The Bertz CT molecular complexity index is 236. The number of hydrogen-bond donors (Lipinski definition) is 1. The van der Waals surface area contributed by atoms with Crippen LogP contribution in [0.15, 0.2) is 35.2 Å². The Kier molecular flexibility index (Phi) is 3.11. The summed E-state index contributed by atoms with van der Waals surface area (Å²) in [5.74, 6) is 0. The average molecular weight is 166 g/mol. The van der Waals surface area contributed by atoms with Crippen LogP contribution in [0.5, 0.6) is 0 Å². The maximum atomic E-state index is 9.56. The normalized spacial score (nSPS) is 12.8. The van der Waals surface area contributed by atoms with Gasteiger partial charge in [0.2, 0.25) is 0 Å². The first kappa shape index (κ1) is 9.07. The maximum Gasteiger partial charge on any atom is 0.0960 e. The fourth-order valence-corrected chi connectivity index (χ4v) is 1.01. The molecule has 0 aliphatic heterocycles. The second-order valence-electron chi connectivity index (χ2n) is 3.07. The van der Waals surface area contributed by atoms with E-state index in [1.54, 1.807) is 18.6 Å². The highest BCUT2D eigenvalue weighted by molar-refractivity contribution is 5.09. The van der Waals surface area contributed by atoms with Gasteiger partial charge in [0, 0.05) is 5.56 Å². The van der Waals surface area contributed by atoms with Gasteiger partial charge in [0.15, 0.2) is 0 Å². The summed E-state index contributed by atoms with van der Waals surface area (Å²) in [7, 11) is 0. The lowest BCUT2D eigenvalue weighted by Gasteiger charge is -2.06. The van der Waals surface area contributed by atoms with Gasteiger partial charge >= 0.3 is 0 Å². The van der Waals surface area contributed by atoms with Gasteiger partial charge in [-0.3, -0.25) is 0 Å². The lowest BCUT2D eigenvalue weighted by atomic mass is 10.1. The fourth-order valence-electron chi connectivity index (χ4n) is 1.01. The van der Waals surface area contributed by atoms with Crippen LogP contribution in [0.1, 0.15) is 31.4 Å². The summed E-state index contributed by atoms with van der Waals surface area (Å²) in [6.07, 6.45) is 4.30. The van der Waals surface area contributed by atoms with Crippen molar-refractivity contribution in [1.29, 1.82) is 0 Å². The smallest absolute Gasteiger partial charge is 0.0960 e. The minimum absolute atomic E-state index is 0.416. The third-order valence-corrected chi connectivity index (χ3v) is 1.77. The lowest BCUT2D eigenvalue weighted by Crippen LogP contribution is -1.95. The summed E-state index contributed by atoms with van der Waals surface area (Å²) in [6.45, 7) is 5.73. The van der Waals surface area contributed by atoms with Gasteiger partial charge in [0.1, 0.15) is 0 Å². The molecule has 1 aromatic rings. The molecule has 0 radical (unpaired) electrons. The zero-order chi connectivity index (χ0) is 8.97. The lowest BCUT2D eigenvalue weighted by molar-refractivity contribution is 0.167. The molecular formula is C10H14O2. The number of hydrogen-bond acceptors (Lipinski definition) is 2. The zero-order valence-electron chi connectivity index (χ0n) is 7.29. The molecular weight excluding hydrogens is 152 g/mol. The molecule has 0 bridgehead atoms. The van der Waals surface area contributed by atoms with Gasteiger partial charge in [-0.2, -0.15) is 0 Å². The molecule has 0 aromatic carbocycles. The molecule has 1 N–H and O–H groups in total. The van der Waals surface area contributed by atoms with Crippen LogP contribution >= 0.6 is 0 Å². The van der Waals surface area contributed by atoms with Crippen molar-refractivity contribution in [2.45, 2.75) is 25.9 Å². The summed E-state index contributed by atoms with van der Waals surface area (Å²) in [5.41, 5.74) is 1.94. The van der Waals surface area contributed by atoms with Gasteiger partial charge < -0.3 is 9.52 Å². The van der Waals surface area contributed by atoms with E-state index in [4.69, 9.17) is 4.42 Å². The molecule has 0 aliphatic carbocycles. The number of furan rings is 1. The summed E-state index contributed by atoms with van der Waals surface area (Å²) in [5, 5.41) is 9.56. The van der Waals surface area contributed by atoms with Gasteiger partial charge in [-0.1, -0.05) is 5.57 Å². The standard InChI is InChI=1S/C10H14O2/c1-8(2)3-4-10(11)9-5-6-12-7-9/h5-7,10-11H,1,3-4H2,2H3. The van der Waals surface area contributed by atoms with E-state index in [-0.39, 0.29) is 0 Å². The first-order valence-electron chi connectivity index (χ1n) is 4.04. The van der Waals surface area contributed by atoms with Crippen LogP contribution in [0.4, 0.5) is 0 Å². The molecule has 1 rings (SSSR count). The highest BCUT2D eigenvalue weighted by Gasteiger charge is 2.07. The number of allylic oxidation sites excluding steroid dienone is 1. The first-order chi connectivity index (χ1) is 5.70. The van der Waals surface area contributed by atoms with Crippen molar-refractivity contribution in [2.24, 2.45) is 0 Å². The average Bonchev–Trinajstić information content (AvgIpc) is 2.51. The van der Waals surface area contributed by atoms with Gasteiger partial charge in [-0.15, -0.1) is 6.58 Å². The van der Waals surface area contributed by atoms with Crippen LogP contribution in [-0.4, -0.2) is 5.11 Å². The highest BCUT2D eigenvalue weighted by atomic mass is 16.3. The second kappa shape index (κ2) is 4.12. The Morgan fingerprint density at radius 1 is 1.75 bits per heavy atom. The molecule has 1 atom stereocenters. The Labute approximate surface area is 72.5 Å². The molecule has 0 aliphatic rings. The largest absolute Gasteiger partial charge is 0.472 e. The number of aliphatic hydroxyl groups is 1. The van der Waals surface area contributed by atoms with E-state index in [2.05, 4.69) is 6.58 Å². The molecule has 0 saturated heterocycles. The summed E-state index contributed by atoms with van der Waals surface area (Å²) >= 11 is 0. The summed E-state index contributed by atoms with van der Waals surface area (Å²) in [4.78, 5) is 0. The highest BCUT2D eigenvalue weighted by Crippen LogP contribution is 2.19. The molecule has 2 heteroatoms. The Morgan fingerprint density at radius 2 is 2.50 bits per heavy atom. The maximum absolute atomic E-state index is 9.56. The van der Waals surface area contributed by atoms with Crippen molar-refractivity contribution in [2.75, 3.05) is 0 Å². The van der Waals surface area contributed by atoms with Crippen LogP contribution in [0.2, 0.25) is 0 Å². The van der Waals surface area contributed by atoms with Crippen molar-refractivity contribution < 1.29 is 9.52 Å². The number of aliphatic hydroxyl groups excluding tert-OH is 1. The van der Waals surface area contributed by atoms with E-state index < -0.39 is 6.10 Å². The van der Waals surface area contributed by atoms with Gasteiger partial charge in [-0.05, 0) is 25.8 Å². The molecule has 0 saturated carbocycles. The monoisotopic (exact) mass is 166 g/mol. The third-order valence-electron chi connectivity index (χ3n) is 1.77. The SMILES string of the molecule is C=C(C)CCC(O)c1ccoc1. The molecule has 0 fully saturated rings. The van der Waals surface area contributed by atoms with Crippen LogP contribution in [0.25, 0.3) is 0 Å². The predicted molar refractivity (Wildman–Crippen MR) is 47.7 cm³/mol. The molecule has 0 amide bonds. The molecule has 2 nitrogen and oxygen atoms in total. The summed E-state index contributed by atoms with van der Waals surface area (Å²) < 4.78 is 4.86. The van der Waals surface area contributed by atoms with Crippen LogP contribution < -0.4 is 0 Å². The van der Waals surface area contributed by atoms with Gasteiger partial charge in [-0.25, -0.2) is 0 Å². The molecule has 12 heavy (non-hydrogen) atoms. The second-order valence-corrected chi connectivity index (χ2v) is 3.07. The van der Waals surface area contributed by atoms with E-state index in [0.29, 0.717) is 0 Å². The molecule has 1 unspecified atom stereocenters. The third kappa shape index (κ3) is 2.55. The Hall–Kier alpha value is -1.02. The van der Waals surface area contributed by atoms with E-state index >= 15 is 0 Å². The van der Waals surface area contributed by atoms with Crippen molar-refractivity contribution in [3.8, 4) is 0 Å². The first-order valence-corrected chi connectivity index (χ1v) is 4.04. The Morgan fingerprint density at radius 3 is 3.00 bits per heavy atom.